The number of nitrogens with one attached hydrogen (secondary N) is 1. The van der Waals surface area contributed by atoms with Crippen molar-refractivity contribution in [1.29, 1.82) is 0 Å². The number of amides is 1. The summed E-state index contributed by atoms with van der Waals surface area (Å²) >= 11 is 0. The first-order valence-corrected chi connectivity index (χ1v) is 8.62. The van der Waals surface area contributed by atoms with Gasteiger partial charge in [-0.1, -0.05) is 16.8 Å². The molecule has 4 aromatic rings. The zero-order valence-electron chi connectivity index (χ0n) is 15.1. The number of nitrogens with zero attached hydrogens (tertiary/aromatic N) is 3. The molecule has 0 aliphatic rings. The summed E-state index contributed by atoms with van der Waals surface area (Å²) in [4.78, 5) is 21.2. The van der Waals surface area contributed by atoms with Crippen molar-refractivity contribution >= 4 is 16.8 Å². The monoisotopic (exact) mass is 358 g/mol. The van der Waals surface area contributed by atoms with E-state index in [0.717, 1.165) is 22.0 Å². The molecule has 0 aliphatic carbocycles. The number of pyridine rings is 2. The summed E-state index contributed by atoms with van der Waals surface area (Å²) in [7, 11) is 0. The lowest BCUT2D eigenvalue weighted by Gasteiger charge is -2.08. The van der Waals surface area contributed by atoms with Crippen molar-refractivity contribution in [1.82, 2.24) is 20.4 Å². The van der Waals surface area contributed by atoms with Gasteiger partial charge in [-0.3, -0.25) is 14.8 Å². The molecule has 1 aromatic carbocycles. The number of rotatable bonds is 4. The Kier molecular flexibility index (Phi) is 4.38. The van der Waals surface area contributed by atoms with E-state index < -0.39 is 0 Å². The van der Waals surface area contributed by atoms with Crippen molar-refractivity contribution in [2.24, 2.45) is 0 Å². The molecule has 0 fully saturated rings. The van der Waals surface area contributed by atoms with Gasteiger partial charge in [0.15, 0.2) is 5.76 Å². The molecule has 0 aliphatic heterocycles. The van der Waals surface area contributed by atoms with E-state index in [4.69, 9.17) is 4.52 Å². The molecule has 134 valence electrons. The van der Waals surface area contributed by atoms with Crippen LogP contribution in [0.15, 0.2) is 59.4 Å². The van der Waals surface area contributed by atoms with Crippen LogP contribution in [0, 0.1) is 13.8 Å². The van der Waals surface area contributed by atoms with Gasteiger partial charge in [0.2, 0.25) is 0 Å². The summed E-state index contributed by atoms with van der Waals surface area (Å²) in [6.45, 7) is 4.10. The number of aromatic nitrogens is 3. The largest absolute Gasteiger partial charge is 0.359 e. The molecule has 27 heavy (non-hydrogen) atoms. The van der Waals surface area contributed by atoms with Gasteiger partial charge in [-0.15, -0.1) is 0 Å². The zero-order valence-corrected chi connectivity index (χ0v) is 15.1. The molecule has 6 heteroatoms. The minimum atomic E-state index is -0.192. The first-order chi connectivity index (χ1) is 13.1. The molecule has 0 atom stereocenters. The van der Waals surface area contributed by atoms with Gasteiger partial charge in [0, 0.05) is 29.4 Å². The molecule has 0 saturated heterocycles. The first-order valence-electron chi connectivity index (χ1n) is 8.62. The predicted octanol–water partition coefficient (Wildman–Crippen LogP) is 3.83. The van der Waals surface area contributed by atoms with Gasteiger partial charge in [0.1, 0.15) is 5.69 Å². The highest BCUT2D eigenvalue weighted by Gasteiger charge is 2.13. The van der Waals surface area contributed by atoms with Crippen LogP contribution in [0.3, 0.4) is 0 Å². The van der Waals surface area contributed by atoms with Crippen molar-refractivity contribution in [2.75, 3.05) is 0 Å². The molecule has 3 heterocycles. The van der Waals surface area contributed by atoms with Crippen LogP contribution in [0.5, 0.6) is 0 Å². The molecule has 0 bridgehead atoms. The zero-order chi connectivity index (χ0) is 18.8. The van der Waals surface area contributed by atoms with Crippen molar-refractivity contribution in [3.05, 3.63) is 77.4 Å². The van der Waals surface area contributed by atoms with E-state index in [-0.39, 0.29) is 12.5 Å². The van der Waals surface area contributed by atoms with Crippen LogP contribution >= 0.6 is 0 Å². The number of hydrogen-bond donors (Lipinski definition) is 1. The Labute approximate surface area is 156 Å². The van der Waals surface area contributed by atoms with E-state index in [0.29, 0.717) is 22.7 Å². The normalized spacial score (nSPS) is 10.9. The van der Waals surface area contributed by atoms with E-state index in [1.165, 1.54) is 0 Å². The van der Waals surface area contributed by atoms with E-state index >= 15 is 0 Å². The topological polar surface area (TPSA) is 80.9 Å². The number of hydrogen-bond acceptors (Lipinski definition) is 5. The van der Waals surface area contributed by atoms with Crippen molar-refractivity contribution < 1.29 is 9.32 Å². The molecule has 1 N–H and O–H groups in total. The number of benzene rings is 1. The molecule has 3 aromatic heterocycles. The molecular formula is C21H18N4O2. The molecule has 0 radical (unpaired) electrons. The summed E-state index contributed by atoms with van der Waals surface area (Å²) < 4.78 is 5.31. The van der Waals surface area contributed by atoms with Gasteiger partial charge >= 0.3 is 0 Å². The standard InChI is InChI=1S/C21H18N4O2/c1-13-5-6-19-16(8-13)9-18(14(2)24-19)21(26)23-12-17-10-20(25-27-17)15-4-3-7-22-11-15/h3-11H,12H2,1-2H3,(H,23,26). The third-order valence-corrected chi connectivity index (χ3v) is 4.34. The average molecular weight is 358 g/mol. The van der Waals surface area contributed by atoms with E-state index in [1.807, 2.05) is 50.2 Å². The van der Waals surface area contributed by atoms with Crippen LogP contribution in [0.25, 0.3) is 22.2 Å². The first kappa shape index (κ1) is 16.9. The third-order valence-electron chi connectivity index (χ3n) is 4.34. The molecule has 0 saturated carbocycles. The SMILES string of the molecule is Cc1ccc2nc(C)c(C(=O)NCc3cc(-c4cccnc4)no3)cc2c1. The van der Waals surface area contributed by atoms with Gasteiger partial charge < -0.3 is 9.84 Å². The summed E-state index contributed by atoms with van der Waals surface area (Å²) in [6.07, 6.45) is 3.42. The Bertz CT molecular complexity index is 1120. The highest BCUT2D eigenvalue weighted by atomic mass is 16.5. The van der Waals surface area contributed by atoms with Gasteiger partial charge in [-0.05, 0) is 44.2 Å². The van der Waals surface area contributed by atoms with Gasteiger partial charge in [0.05, 0.1) is 23.3 Å². The van der Waals surface area contributed by atoms with Crippen LogP contribution in [0.2, 0.25) is 0 Å². The second-order valence-electron chi connectivity index (χ2n) is 6.42. The maximum atomic E-state index is 12.6. The number of carbonyl (C=O) groups excluding carboxylic acids is 1. The average Bonchev–Trinajstić information content (AvgIpc) is 3.16. The minimum absolute atomic E-state index is 0.192. The summed E-state index contributed by atoms with van der Waals surface area (Å²) in [5.74, 6) is 0.382. The van der Waals surface area contributed by atoms with Crippen molar-refractivity contribution in [2.45, 2.75) is 20.4 Å². The van der Waals surface area contributed by atoms with Gasteiger partial charge in [-0.2, -0.15) is 0 Å². The quantitative estimate of drug-likeness (QED) is 0.600. The van der Waals surface area contributed by atoms with E-state index in [1.54, 1.807) is 18.5 Å². The lowest BCUT2D eigenvalue weighted by atomic mass is 10.1. The molecule has 1 amide bonds. The van der Waals surface area contributed by atoms with Crippen LogP contribution in [0.4, 0.5) is 0 Å². The Morgan fingerprint density at radius 3 is 2.85 bits per heavy atom. The Hall–Kier alpha value is -3.54. The van der Waals surface area contributed by atoms with Crippen LogP contribution in [0.1, 0.15) is 27.4 Å². The van der Waals surface area contributed by atoms with Crippen LogP contribution in [-0.2, 0) is 6.54 Å². The Morgan fingerprint density at radius 1 is 1.15 bits per heavy atom. The Morgan fingerprint density at radius 2 is 2.04 bits per heavy atom. The summed E-state index contributed by atoms with van der Waals surface area (Å²) in [6, 6.07) is 13.4. The fourth-order valence-electron chi connectivity index (χ4n) is 2.93. The van der Waals surface area contributed by atoms with Gasteiger partial charge in [-0.25, -0.2) is 0 Å². The molecule has 0 spiro atoms. The molecule has 4 rings (SSSR count). The molecule has 0 unspecified atom stereocenters. The summed E-state index contributed by atoms with van der Waals surface area (Å²) in [5.41, 5.74) is 4.81. The fourth-order valence-corrected chi connectivity index (χ4v) is 2.93. The highest BCUT2D eigenvalue weighted by molar-refractivity contribution is 5.98. The number of carbonyl (C=O) groups is 1. The van der Waals surface area contributed by atoms with Crippen LogP contribution < -0.4 is 5.32 Å². The maximum absolute atomic E-state index is 12.6. The van der Waals surface area contributed by atoms with Gasteiger partial charge in [0.25, 0.3) is 5.91 Å². The lowest BCUT2D eigenvalue weighted by Crippen LogP contribution is -2.23. The van der Waals surface area contributed by atoms with E-state index in [9.17, 15) is 4.79 Å². The Balaban J connectivity index is 1.51. The fraction of sp³-hybridized carbons (Fsp3) is 0.143. The summed E-state index contributed by atoms with van der Waals surface area (Å²) in [5, 5.41) is 7.85. The van der Waals surface area contributed by atoms with Crippen molar-refractivity contribution in [3.63, 3.8) is 0 Å². The highest BCUT2D eigenvalue weighted by Crippen LogP contribution is 2.19. The molecular weight excluding hydrogens is 340 g/mol. The van der Waals surface area contributed by atoms with E-state index in [2.05, 4.69) is 20.4 Å². The minimum Gasteiger partial charge on any atom is -0.359 e. The number of fused-ring (bicyclic) bond motifs is 1. The smallest absolute Gasteiger partial charge is 0.253 e. The second kappa shape index (κ2) is 6.99. The number of aryl methyl sites for hydroxylation is 2. The predicted molar refractivity (Wildman–Crippen MR) is 102 cm³/mol. The van der Waals surface area contributed by atoms with Crippen LogP contribution in [-0.4, -0.2) is 21.0 Å². The third kappa shape index (κ3) is 3.55. The molecule has 6 nitrogen and oxygen atoms in total. The van der Waals surface area contributed by atoms with Crippen molar-refractivity contribution in [3.8, 4) is 11.3 Å². The second-order valence-corrected chi connectivity index (χ2v) is 6.42. The lowest BCUT2D eigenvalue weighted by molar-refractivity contribution is 0.0946. The maximum Gasteiger partial charge on any atom is 0.253 e.